The summed E-state index contributed by atoms with van der Waals surface area (Å²) in [6.45, 7) is 2.00. The highest BCUT2D eigenvalue weighted by Gasteiger charge is 2.12. The number of amides is 1. The number of H-pyrrole nitrogens is 1. The van der Waals surface area contributed by atoms with Crippen molar-refractivity contribution in [3.63, 3.8) is 0 Å². The van der Waals surface area contributed by atoms with Crippen molar-refractivity contribution < 1.29 is 14.3 Å². The minimum Gasteiger partial charge on any atom is -0.497 e. The van der Waals surface area contributed by atoms with Gasteiger partial charge in [-0.3, -0.25) is 4.79 Å². The van der Waals surface area contributed by atoms with Gasteiger partial charge in [-0.15, -0.1) is 0 Å². The maximum atomic E-state index is 12.4. The van der Waals surface area contributed by atoms with E-state index in [4.69, 9.17) is 9.47 Å². The Morgan fingerprint density at radius 2 is 1.93 bits per heavy atom. The van der Waals surface area contributed by atoms with Crippen molar-refractivity contribution in [3.05, 3.63) is 65.5 Å². The summed E-state index contributed by atoms with van der Waals surface area (Å²) < 4.78 is 10.5. The van der Waals surface area contributed by atoms with E-state index in [1.807, 2.05) is 25.1 Å². The lowest BCUT2D eigenvalue weighted by Gasteiger charge is -2.11. The number of thioether (sulfide) groups is 1. The lowest BCUT2D eigenvalue weighted by Crippen LogP contribution is -2.15. The Morgan fingerprint density at radius 1 is 1.14 bits per heavy atom. The topological polar surface area (TPSA) is 76.2 Å². The molecule has 3 aromatic rings. The second-order valence-electron chi connectivity index (χ2n) is 6.18. The van der Waals surface area contributed by atoms with Gasteiger partial charge in [0, 0.05) is 18.2 Å². The van der Waals surface area contributed by atoms with Crippen LogP contribution in [0.1, 0.15) is 17.0 Å². The second kappa shape index (κ2) is 9.32. The number of ether oxygens (including phenoxy) is 2. The molecule has 0 aliphatic rings. The van der Waals surface area contributed by atoms with Crippen LogP contribution in [-0.2, 0) is 11.2 Å². The van der Waals surface area contributed by atoms with Crippen LogP contribution in [0.4, 0.5) is 5.69 Å². The molecule has 0 saturated heterocycles. The summed E-state index contributed by atoms with van der Waals surface area (Å²) >= 11 is 1.37. The number of nitrogens with zero attached hydrogens (tertiary/aromatic N) is 1. The van der Waals surface area contributed by atoms with Gasteiger partial charge in [-0.2, -0.15) is 0 Å². The van der Waals surface area contributed by atoms with E-state index in [2.05, 4.69) is 27.4 Å². The standard InChI is InChI=1S/C21H23N3O3S/c1-14-17(11-15-7-5-4-6-8-15)24-21(22-14)28-13-20(25)23-18-12-16(26-2)9-10-19(18)27-3/h4-10,12H,11,13H2,1-3H3,(H,22,24)(H,23,25). The molecule has 1 heterocycles. The Kier molecular flexibility index (Phi) is 6.60. The number of hydrogen-bond acceptors (Lipinski definition) is 5. The molecule has 0 spiro atoms. The van der Waals surface area contributed by atoms with Gasteiger partial charge in [0.05, 0.1) is 31.4 Å². The van der Waals surface area contributed by atoms with Gasteiger partial charge >= 0.3 is 0 Å². The Labute approximate surface area is 168 Å². The number of anilines is 1. The van der Waals surface area contributed by atoms with E-state index in [0.29, 0.717) is 17.2 Å². The molecule has 0 fully saturated rings. The average molecular weight is 398 g/mol. The van der Waals surface area contributed by atoms with Crippen LogP contribution in [0.15, 0.2) is 53.7 Å². The van der Waals surface area contributed by atoms with Gasteiger partial charge in [-0.05, 0) is 24.6 Å². The predicted octanol–water partition coefficient (Wildman–Crippen LogP) is 4.06. The molecule has 0 aliphatic heterocycles. The number of imidazole rings is 1. The van der Waals surface area contributed by atoms with Crippen LogP contribution in [0, 0.1) is 6.92 Å². The first-order valence-electron chi connectivity index (χ1n) is 8.83. The largest absolute Gasteiger partial charge is 0.497 e. The van der Waals surface area contributed by atoms with Crippen molar-refractivity contribution in [1.29, 1.82) is 0 Å². The van der Waals surface area contributed by atoms with Crippen molar-refractivity contribution in [2.75, 3.05) is 25.3 Å². The Morgan fingerprint density at radius 3 is 2.64 bits per heavy atom. The van der Waals surface area contributed by atoms with Crippen LogP contribution in [0.25, 0.3) is 0 Å². The molecule has 1 amide bonds. The van der Waals surface area contributed by atoms with Crippen molar-refractivity contribution in [3.8, 4) is 11.5 Å². The Hall–Kier alpha value is -2.93. The zero-order valence-electron chi connectivity index (χ0n) is 16.1. The molecule has 3 rings (SSSR count). The third-order valence-electron chi connectivity index (χ3n) is 4.20. The number of rotatable bonds is 8. The molecule has 0 saturated carbocycles. The fourth-order valence-corrected chi connectivity index (χ4v) is 3.47. The monoisotopic (exact) mass is 397 g/mol. The van der Waals surface area contributed by atoms with Gasteiger partial charge in [-0.1, -0.05) is 42.1 Å². The summed E-state index contributed by atoms with van der Waals surface area (Å²) in [5.74, 6) is 1.32. The van der Waals surface area contributed by atoms with E-state index >= 15 is 0 Å². The SMILES string of the molecule is COc1ccc(OC)c(NC(=O)CSc2nc(Cc3ccccc3)c(C)[nH]2)c1. The van der Waals surface area contributed by atoms with Gasteiger partial charge in [0.2, 0.25) is 5.91 Å². The van der Waals surface area contributed by atoms with E-state index < -0.39 is 0 Å². The van der Waals surface area contributed by atoms with Gasteiger partial charge in [-0.25, -0.2) is 4.98 Å². The predicted molar refractivity (Wildman–Crippen MR) is 111 cm³/mol. The number of carbonyl (C=O) groups is 1. The van der Waals surface area contributed by atoms with Crippen molar-refractivity contribution >= 4 is 23.4 Å². The van der Waals surface area contributed by atoms with Crippen molar-refractivity contribution in [2.45, 2.75) is 18.5 Å². The molecule has 6 nitrogen and oxygen atoms in total. The number of aromatic nitrogens is 2. The van der Waals surface area contributed by atoms with Crippen LogP contribution in [0.5, 0.6) is 11.5 Å². The van der Waals surface area contributed by atoms with Gasteiger partial charge in [0.15, 0.2) is 5.16 Å². The van der Waals surface area contributed by atoms with Crippen molar-refractivity contribution in [2.24, 2.45) is 0 Å². The Balaban J connectivity index is 1.60. The second-order valence-corrected chi connectivity index (χ2v) is 7.14. The van der Waals surface area contributed by atoms with E-state index in [9.17, 15) is 4.79 Å². The smallest absolute Gasteiger partial charge is 0.234 e. The highest BCUT2D eigenvalue weighted by atomic mass is 32.2. The molecule has 1 aromatic heterocycles. The van der Waals surface area contributed by atoms with E-state index in [1.54, 1.807) is 32.4 Å². The van der Waals surface area contributed by atoms with E-state index in [0.717, 1.165) is 23.0 Å². The summed E-state index contributed by atoms with van der Waals surface area (Å²) in [6, 6.07) is 15.5. The number of hydrogen-bond donors (Lipinski definition) is 2. The van der Waals surface area contributed by atoms with Gasteiger partial charge in [0.25, 0.3) is 0 Å². The molecular weight excluding hydrogens is 374 g/mol. The number of aryl methyl sites for hydroxylation is 1. The maximum Gasteiger partial charge on any atom is 0.234 e. The molecule has 7 heteroatoms. The zero-order chi connectivity index (χ0) is 19.9. The summed E-state index contributed by atoms with van der Waals surface area (Å²) in [6.07, 6.45) is 0.761. The fourth-order valence-electron chi connectivity index (χ4n) is 2.73. The minimum atomic E-state index is -0.143. The van der Waals surface area contributed by atoms with Crippen LogP contribution < -0.4 is 14.8 Å². The highest BCUT2D eigenvalue weighted by Crippen LogP contribution is 2.29. The highest BCUT2D eigenvalue weighted by molar-refractivity contribution is 7.99. The molecule has 0 bridgehead atoms. The van der Waals surface area contributed by atoms with Crippen LogP contribution in [0.2, 0.25) is 0 Å². The average Bonchev–Trinajstić information content (AvgIpc) is 3.06. The number of benzene rings is 2. The number of aromatic amines is 1. The molecule has 0 unspecified atom stereocenters. The minimum absolute atomic E-state index is 0.143. The molecule has 28 heavy (non-hydrogen) atoms. The van der Waals surface area contributed by atoms with Gasteiger partial charge < -0.3 is 19.8 Å². The normalized spacial score (nSPS) is 10.5. The Bertz CT molecular complexity index is 941. The van der Waals surface area contributed by atoms with Crippen LogP contribution in [-0.4, -0.2) is 35.8 Å². The first kappa shape index (κ1) is 19.8. The van der Waals surface area contributed by atoms with Crippen LogP contribution >= 0.6 is 11.8 Å². The molecular formula is C21H23N3O3S. The fraction of sp³-hybridized carbons (Fsp3) is 0.238. The molecule has 0 atom stereocenters. The maximum absolute atomic E-state index is 12.4. The van der Waals surface area contributed by atoms with E-state index in [-0.39, 0.29) is 11.7 Å². The first-order valence-corrected chi connectivity index (χ1v) is 9.81. The molecule has 0 aliphatic carbocycles. The number of methoxy groups -OCH3 is 2. The lowest BCUT2D eigenvalue weighted by atomic mass is 10.1. The number of carbonyl (C=O) groups excluding carboxylic acids is 1. The lowest BCUT2D eigenvalue weighted by molar-refractivity contribution is -0.113. The summed E-state index contributed by atoms with van der Waals surface area (Å²) in [4.78, 5) is 20.2. The summed E-state index contributed by atoms with van der Waals surface area (Å²) in [5.41, 5.74) is 3.79. The molecule has 146 valence electrons. The molecule has 0 radical (unpaired) electrons. The third kappa shape index (κ3) is 5.07. The van der Waals surface area contributed by atoms with Gasteiger partial charge in [0.1, 0.15) is 11.5 Å². The summed E-state index contributed by atoms with van der Waals surface area (Å²) in [5, 5.41) is 3.59. The van der Waals surface area contributed by atoms with Crippen LogP contribution in [0.3, 0.4) is 0 Å². The first-order chi connectivity index (χ1) is 13.6. The molecule has 2 N–H and O–H groups in total. The third-order valence-corrected chi connectivity index (χ3v) is 5.07. The molecule has 2 aromatic carbocycles. The quantitative estimate of drug-likeness (QED) is 0.561. The zero-order valence-corrected chi connectivity index (χ0v) is 16.9. The van der Waals surface area contributed by atoms with E-state index in [1.165, 1.54) is 17.3 Å². The summed E-state index contributed by atoms with van der Waals surface area (Å²) in [7, 11) is 3.14. The van der Waals surface area contributed by atoms with Crippen molar-refractivity contribution in [1.82, 2.24) is 9.97 Å². The number of nitrogens with one attached hydrogen (secondary N) is 2.